The van der Waals surface area contributed by atoms with Crippen LogP contribution >= 0.6 is 0 Å². The molecule has 0 bridgehead atoms. The van der Waals surface area contributed by atoms with E-state index in [1.807, 2.05) is 0 Å². The molecule has 0 unspecified atom stereocenters. The number of fused-ring (bicyclic) bond motifs is 1. The van der Waals surface area contributed by atoms with Crippen molar-refractivity contribution in [2.45, 2.75) is 6.92 Å². The molecule has 1 heterocycles. The van der Waals surface area contributed by atoms with Gasteiger partial charge in [-0.05, 0) is 25.1 Å². The maximum atomic E-state index is 11.4. The number of carbonyl (C=O) groups is 1. The lowest BCUT2D eigenvalue weighted by molar-refractivity contribution is -0.384. The predicted octanol–water partition coefficient (Wildman–Crippen LogP) is 3.16. The van der Waals surface area contributed by atoms with Crippen LogP contribution in [-0.4, -0.2) is 25.6 Å². The molecular formula is C16H13N3O4. The van der Waals surface area contributed by atoms with Crippen molar-refractivity contribution in [2.24, 2.45) is 7.05 Å². The fourth-order valence-corrected chi connectivity index (χ4v) is 2.71. The minimum atomic E-state index is -1.08. The second-order valence-corrected chi connectivity index (χ2v) is 5.20. The Morgan fingerprint density at radius 1 is 1.26 bits per heavy atom. The van der Waals surface area contributed by atoms with Gasteiger partial charge in [-0.2, -0.15) is 0 Å². The second-order valence-electron chi connectivity index (χ2n) is 5.20. The molecule has 0 aliphatic rings. The van der Waals surface area contributed by atoms with Crippen LogP contribution in [0.1, 0.15) is 15.9 Å². The number of imidazole rings is 1. The normalized spacial score (nSPS) is 10.9. The Balaban J connectivity index is 2.37. The number of para-hydroxylation sites is 2. The summed E-state index contributed by atoms with van der Waals surface area (Å²) in [5, 5.41) is 20.7. The van der Waals surface area contributed by atoms with Gasteiger partial charge < -0.3 is 9.67 Å². The van der Waals surface area contributed by atoms with Crippen molar-refractivity contribution < 1.29 is 14.8 Å². The van der Waals surface area contributed by atoms with Crippen molar-refractivity contribution in [1.29, 1.82) is 0 Å². The highest BCUT2D eigenvalue weighted by atomic mass is 16.6. The average Bonchev–Trinajstić information content (AvgIpc) is 2.83. The summed E-state index contributed by atoms with van der Waals surface area (Å²) in [6.07, 6.45) is 0. The number of carboxylic acids is 1. The van der Waals surface area contributed by atoms with E-state index in [1.54, 1.807) is 48.9 Å². The van der Waals surface area contributed by atoms with E-state index in [0.717, 1.165) is 0 Å². The van der Waals surface area contributed by atoms with Crippen molar-refractivity contribution in [1.82, 2.24) is 9.55 Å². The molecule has 0 atom stereocenters. The zero-order valence-electron chi connectivity index (χ0n) is 12.5. The van der Waals surface area contributed by atoms with Gasteiger partial charge in [-0.1, -0.05) is 18.2 Å². The number of aromatic nitrogens is 2. The quantitative estimate of drug-likeness (QED) is 0.591. The lowest BCUT2D eigenvalue weighted by atomic mass is 10.1. The lowest BCUT2D eigenvalue weighted by Gasteiger charge is -2.05. The van der Waals surface area contributed by atoms with Crippen molar-refractivity contribution in [2.75, 3.05) is 0 Å². The first kappa shape index (κ1) is 14.7. The molecule has 1 N–H and O–H groups in total. The highest BCUT2D eigenvalue weighted by molar-refractivity contribution is 6.02. The molecule has 7 heteroatoms. The number of carboxylic acid groups (broad SMARTS) is 1. The van der Waals surface area contributed by atoms with Gasteiger partial charge in [-0.25, -0.2) is 9.78 Å². The Morgan fingerprint density at radius 3 is 2.61 bits per heavy atom. The number of nitrogens with zero attached hydrogens (tertiary/aromatic N) is 3. The van der Waals surface area contributed by atoms with Gasteiger partial charge in [-0.15, -0.1) is 0 Å². The van der Waals surface area contributed by atoms with Crippen LogP contribution in [0, 0.1) is 17.0 Å². The fourth-order valence-electron chi connectivity index (χ4n) is 2.71. The molecule has 0 amide bonds. The van der Waals surface area contributed by atoms with Crippen molar-refractivity contribution >= 4 is 22.7 Å². The number of nitro benzene ring substituents is 1. The molecule has 2 aromatic carbocycles. The third kappa shape index (κ3) is 2.22. The van der Waals surface area contributed by atoms with Crippen LogP contribution in [0.3, 0.4) is 0 Å². The van der Waals surface area contributed by atoms with Crippen molar-refractivity contribution in [3.63, 3.8) is 0 Å². The van der Waals surface area contributed by atoms with Crippen molar-refractivity contribution in [3.8, 4) is 11.4 Å². The van der Waals surface area contributed by atoms with Crippen LogP contribution in [0.2, 0.25) is 0 Å². The number of aromatic carboxylic acids is 1. The zero-order chi connectivity index (χ0) is 16.7. The second kappa shape index (κ2) is 5.20. The highest BCUT2D eigenvalue weighted by Gasteiger charge is 2.23. The summed E-state index contributed by atoms with van der Waals surface area (Å²) < 4.78 is 1.67. The van der Waals surface area contributed by atoms with Crippen LogP contribution in [0.5, 0.6) is 0 Å². The van der Waals surface area contributed by atoms with E-state index in [0.29, 0.717) is 28.0 Å². The minimum absolute atomic E-state index is 0.0252. The van der Waals surface area contributed by atoms with E-state index < -0.39 is 10.9 Å². The van der Waals surface area contributed by atoms with E-state index in [9.17, 15) is 20.0 Å². The number of nitro groups is 1. The summed E-state index contributed by atoms with van der Waals surface area (Å²) in [7, 11) is 1.71. The fraction of sp³-hybridized carbons (Fsp3) is 0.125. The van der Waals surface area contributed by atoms with Crippen molar-refractivity contribution in [3.05, 3.63) is 57.6 Å². The van der Waals surface area contributed by atoms with Gasteiger partial charge in [0.2, 0.25) is 0 Å². The molecule has 0 saturated carbocycles. The summed E-state index contributed by atoms with van der Waals surface area (Å²) in [5.41, 5.74) is 1.86. The molecule has 23 heavy (non-hydrogen) atoms. The third-order valence-electron chi connectivity index (χ3n) is 3.80. The van der Waals surface area contributed by atoms with E-state index in [1.165, 1.54) is 6.07 Å². The Kier molecular flexibility index (Phi) is 3.33. The Labute approximate surface area is 131 Å². The largest absolute Gasteiger partial charge is 0.478 e. The molecule has 0 saturated heterocycles. The number of benzene rings is 2. The van der Waals surface area contributed by atoms with Gasteiger partial charge in [0.1, 0.15) is 11.3 Å². The average molecular weight is 311 g/mol. The molecule has 7 nitrogen and oxygen atoms in total. The van der Waals surface area contributed by atoms with Gasteiger partial charge in [0.25, 0.3) is 5.69 Å². The van der Waals surface area contributed by atoms with Gasteiger partial charge >= 0.3 is 5.97 Å². The van der Waals surface area contributed by atoms with E-state index in [4.69, 9.17) is 0 Å². The Hall–Kier alpha value is -3.22. The number of rotatable bonds is 3. The van der Waals surface area contributed by atoms with Gasteiger partial charge in [-0.3, -0.25) is 10.1 Å². The van der Waals surface area contributed by atoms with Crippen LogP contribution < -0.4 is 0 Å². The van der Waals surface area contributed by atoms with Crippen LogP contribution in [0.15, 0.2) is 36.4 Å². The smallest absolute Gasteiger partial charge is 0.337 e. The van der Waals surface area contributed by atoms with E-state index in [2.05, 4.69) is 4.98 Å². The molecule has 0 radical (unpaired) electrons. The molecule has 116 valence electrons. The van der Waals surface area contributed by atoms with E-state index in [-0.39, 0.29) is 11.3 Å². The van der Waals surface area contributed by atoms with Crippen LogP contribution in [0.25, 0.3) is 22.4 Å². The van der Waals surface area contributed by atoms with Gasteiger partial charge in [0, 0.05) is 12.6 Å². The number of hydrogen-bond acceptors (Lipinski definition) is 4. The first-order valence-corrected chi connectivity index (χ1v) is 6.85. The third-order valence-corrected chi connectivity index (χ3v) is 3.80. The summed E-state index contributed by atoms with van der Waals surface area (Å²) in [6, 6.07) is 9.82. The molecule has 0 aliphatic heterocycles. The van der Waals surface area contributed by atoms with E-state index >= 15 is 0 Å². The SMILES string of the molecule is Cc1cccc(-c2nc3c(C(=O)O)cccc3n2C)c1[N+](=O)[O-]. The first-order chi connectivity index (χ1) is 10.9. The molecule has 1 aromatic heterocycles. The van der Waals surface area contributed by atoms with Crippen LogP contribution in [-0.2, 0) is 7.05 Å². The molecule has 3 aromatic rings. The molecule has 3 rings (SSSR count). The topological polar surface area (TPSA) is 98.3 Å². The maximum absolute atomic E-state index is 11.4. The summed E-state index contributed by atoms with van der Waals surface area (Å²) in [6.45, 7) is 1.66. The van der Waals surface area contributed by atoms with Gasteiger partial charge in [0.05, 0.1) is 21.6 Å². The molecule has 0 fully saturated rings. The highest BCUT2D eigenvalue weighted by Crippen LogP contribution is 2.34. The minimum Gasteiger partial charge on any atom is -0.478 e. The number of hydrogen-bond donors (Lipinski definition) is 1. The van der Waals surface area contributed by atoms with Gasteiger partial charge in [0.15, 0.2) is 0 Å². The summed E-state index contributed by atoms with van der Waals surface area (Å²) >= 11 is 0. The predicted molar refractivity (Wildman–Crippen MR) is 84.5 cm³/mol. The molecule has 0 aliphatic carbocycles. The molecular weight excluding hydrogens is 298 g/mol. The first-order valence-electron chi connectivity index (χ1n) is 6.85. The van der Waals surface area contributed by atoms with Crippen LogP contribution in [0.4, 0.5) is 5.69 Å². The zero-order valence-corrected chi connectivity index (χ0v) is 12.5. The Bertz CT molecular complexity index is 959. The maximum Gasteiger partial charge on any atom is 0.337 e. The summed E-state index contributed by atoms with van der Waals surface area (Å²) in [5.74, 6) is -0.719. The number of aryl methyl sites for hydroxylation is 2. The Morgan fingerprint density at radius 2 is 1.96 bits per heavy atom. The standard InChI is InChI=1S/C16H13N3O4/c1-9-5-3-7-11(14(9)19(22)23)15-17-13-10(16(20)21)6-4-8-12(13)18(15)2/h3-8H,1-2H3,(H,20,21). The molecule has 0 spiro atoms. The lowest BCUT2D eigenvalue weighted by Crippen LogP contribution is -1.99. The summed E-state index contributed by atoms with van der Waals surface area (Å²) in [4.78, 5) is 26.7. The monoisotopic (exact) mass is 311 g/mol.